The molecule has 0 aliphatic heterocycles. The van der Waals surface area contributed by atoms with E-state index < -0.39 is 0 Å². The van der Waals surface area contributed by atoms with Gasteiger partial charge in [-0.1, -0.05) is 18.2 Å². The highest BCUT2D eigenvalue weighted by Crippen LogP contribution is 2.24. The second-order valence-electron chi connectivity index (χ2n) is 8.14. The van der Waals surface area contributed by atoms with Gasteiger partial charge < -0.3 is 20.9 Å². The van der Waals surface area contributed by atoms with E-state index in [9.17, 15) is 9.59 Å². The minimum absolute atomic E-state index is 0.106. The zero-order valence-electron chi connectivity index (χ0n) is 19.4. The first kappa shape index (κ1) is 22.9. The minimum atomic E-state index is -0.125. The first-order chi connectivity index (χ1) is 16.4. The van der Waals surface area contributed by atoms with E-state index in [1.54, 1.807) is 16.6 Å². The summed E-state index contributed by atoms with van der Waals surface area (Å²) in [5.74, 6) is 0.207. The predicted octanol–water partition coefficient (Wildman–Crippen LogP) is 3.39. The van der Waals surface area contributed by atoms with Gasteiger partial charge in [-0.3, -0.25) is 9.59 Å². The van der Waals surface area contributed by atoms with Crippen LogP contribution < -0.4 is 16.0 Å². The van der Waals surface area contributed by atoms with Gasteiger partial charge in [-0.15, -0.1) is 5.10 Å². The van der Waals surface area contributed by atoms with E-state index in [4.69, 9.17) is 0 Å². The number of carbonyl (C=O) groups is 2. The molecule has 0 saturated heterocycles. The Hall–Kier alpha value is -4.24. The van der Waals surface area contributed by atoms with Crippen LogP contribution in [0.2, 0.25) is 0 Å². The van der Waals surface area contributed by atoms with E-state index in [1.807, 2.05) is 73.6 Å². The Labute approximate surface area is 197 Å². The van der Waals surface area contributed by atoms with Crippen LogP contribution in [0.3, 0.4) is 0 Å². The number of hydrogen-bond donors (Lipinski definition) is 3. The van der Waals surface area contributed by atoms with Crippen molar-refractivity contribution in [3.63, 3.8) is 0 Å². The van der Waals surface area contributed by atoms with Crippen LogP contribution in [0.15, 0.2) is 66.7 Å². The van der Waals surface area contributed by atoms with Crippen LogP contribution in [-0.4, -0.2) is 58.5 Å². The summed E-state index contributed by atoms with van der Waals surface area (Å²) in [6.07, 6.45) is 0. The quantitative estimate of drug-likeness (QED) is 0.375. The van der Waals surface area contributed by atoms with Gasteiger partial charge in [0.25, 0.3) is 5.91 Å². The number of aromatic nitrogens is 3. The lowest BCUT2D eigenvalue weighted by Crippen LogP contribution is -2.31. The van der Waals surface area contributed by atoms with E-state index in [0.29, 0.717) is 29.4 Å². The van der Waals surface area contributed by atoms with Crippen molar-refractivity contribution in [1.82, 2.24) is 24.8 Å². The summed E-state index contributed by atoms with van der Waals surface area (Å²) in [6.45, 7) is 2.85. The van der Waals surface area contributed by atoms with Crippen LogP contribution in [0, 0.1) is 0 Å². The van der Waals surface area contributed by atoms with Crippen molar-refractivity contribution in [3.05, 3.63) is 72.3 Å². The van der Waals surface area contributed by atoms with Gasteiger partial charge in [-0.25, -0.2) is 4.52 Å². The van der Waals surface area contributed by atoms with Crippen molar-refractivity contribution < 1.29 is 9.59 Å². The summed E-state index contributed by atoms with van der Waals surface area (Å²) in [5, 5.41) is 13.5. The molecule has 2 amide bonds. The molecule has 174 valence electrons. The van der Waals surface area contributed by atoms with Crippen molar-refractivity contribution in [1.29, 1.82) is 0 Å². The standard InChI is InChI=1S/C25H27N7O2/c1-17(33)27-21-7-4-6-19(16-21)22-8-5-9-23-29-25(30-32(22)23)28-20-12-10-18(11-13-20)24(34)26-14-15-31(2)3/h4-13,16H,14-15H2,1-3H3,(H,26,34)(H,27,33)(H,28,30). The van der Waals surface area contributed by atoms with Gasteiger partial charge in [0, 0.05) is 42.5 Å². The van der Waals surface area contributed by atoms with Gasteiger partial charge in [-0.05, 0) is 62.6 Å². The lowest BCUT2D eigenvalue weighted by atomic mass is 10.1. The average molecular weight is 458 g/mol. The third-order valence-electron chi connectivity index (χ3n) is 5.09. The van der Waals surface area contributed by atoms with Crippen LogP contribution in [0.25, 0.3) is 16.9 Å². The van der Waals surface area contributed by atoms with Crippen molar-refractivity contribution in [3.8, 4) is 11.3 Å². The normalized spacial score (nSPS) is 10.9. The maximum atomic E-state index is 12.3. The number of likely N-dealkylation sites (N-methyl/N-ethyl adjacent to an activating group) is 1. The maximum Gasteiger partial charge on any atom is 0.251 e. The Morgan fingerprint density at radius 2 is 1.74 bits per heavy atom. The second kappa shape index (κ2) is 10.1. The minimum Gasteiger partial charge on any atom is -0.351 e. The fourth-order valence-corrected chi connectivity index (χ4v) is 3.47. The van der Waals surface area contributed by atoms with Gasteiger partial charge in [-0.2, -0.15) is 4.98 Å². The van der Waals surface area contributed by atoms with Gasteiger partial charge in [0.2, 0.25) is 11.9 Å². The Morgan fingerprint density at radius 1 is 0.971 bits per heavy atom. The molecule has 0 aliphatic carbocycles. The number of pyridine rings is 1. The molecule has 4 rings (SSSR count). The molecule has 2 aromatic carbocycles. The monoisotopic (exact) mass is 457 g/mol. The van der Waals surface area contributed by atoms with E-state index in [2.05, 4.69) is 26.0 Å². The number of carbonyl (C=O) groups excluding carboxylic acids is 2. The molecular formula is C25H27N7O2. The first-order valence-corrected chi connectivity index (χ1v) is 10.9. The molecule has 0 bridgehead atoms. The van der Waals surface area contributed by atoms with Gasteiger partial charge in [0.1, 0.15) is 0 Å². The lowest BCUT2D eigenvalue weighted by Gasteiger charge is -2.10. The highest BCUT2D eigenvalue weighted by molar-refractivity contribution is 5.94. The molecule has 0 saturated carbocycles. The number of benzene rings is 2. The Kier molecular flexibility index (Phi) is 6.84. The maximum absolute atomic E-state index is 12.3. The third kappa shape index (κ3) is 5.57. The van der Waals surface area contributed by atoms with Crippen molar-refractivity contribution in [2.75, 3.05) is 37.8 Å². The SMILES string of the molecule is CC(=O)Nc1cccc(-c2cccc3nc(Nc4ccc(C(=O)NCCN(C)C)cc4)nn23)c1. The van der Waals surface area contributed by atoms with Crippen molar-refractivity contribution >= 4 is 34.8 Å². The molecule has 4 aromatic rings. The summed E-state index contributed by atoms with van der Waals surface area (Å²) < 4.78 is 1.75. The summed E-state index contributed by atoms with van der Waals surface area (Å²) >= 11 is 0. The Balaban J connectivity index is 1.51. The van der Waals surface area contributed by atoms with Crippen molar-refractivity contribution in [2.24, 2.45) is 0 Å². The number of anilines is 3. The van der Waals surface area contributed by atoms with Gasteiger partial charge in [0.15, 0.2) is 5.65 Å². The van der Waals surface area contributed by atoms with Crippen LogP contribution in [0.4, 0.5) is 17.3 Å². The summed E-state index contributed by atoms with van der Waals surface area (Å²) in [7, 11) is 3.93. The molecule has 34 heavy (non-hydrogen) atoms. The number of nitrogens with one attached hydrogen (secondary N) is 3. The van der Waals surface area contributed by atoms with Gasteiger partial charge in [0.05, 0.1) is 5.69 Å². The smallest absolute Gasteiger partial charge is 0.251 e. The molecule has 0 atom stereocenters. The molecule has 9 nitrogen and oxygen atoms in total. The number of amides is 2. The van der Waals surface area contributed by atoms with E-state index in [1.165, 1.54) is 6.92 Å². The summed E-state index contributed by atoms with van der Waals surface area (Å²) in [5.41, 5.74) is 4.50. The molecular weight excluding hydrogens is 430 g/mol. The largest absolute Gasteiger partial charge is 0.351 e. The molecule has 0 radical (unpaired) electrons. The second-order valence-corrected chi connectivity index (χ2v) is 8.14. The molecule has 0 spiro atoms. The number of hydrogen-bond acceptors (Lipinski definition) is 6. The molecule has 9 heteroatoms. The number of rotatable bonds is 8. The van der Waals surface area contributed by atoms with Crippen LogP contribution in [0.1, 0.15) is 17.3 Å². The number of nitrogens with zero attached hydrogens (tertiary/aromatic N) is 4. The molecule has 0 fully saturated rings. The zero-order chi connectivity index (χ0) is 24.1. The van der Waals surface area contributed by atoms with E-state index >= 15 is 0 Å². The first-order valence-electron chi connectivity index (χ1n) is 10.9. The zero-order valence-corrected chi connectivity index (χ0v) is 19.4. The van der Waals surface area contributed by atoms with Crippen LogP contribution in [-0.2, 0) is 4.79 Å². The molecule has 0 aliphatic rings. The highest BCUT2D eigenvalue weighted by Gasteiger charge is 2.11. The molecule has 0 unspecified atom stereocenters. The Bertz CT molecular complexity index is 1310. The predicted molar refractivity (Wildman–Crippen MR) is 133 cm³/mol. The molecule has 2 heterocycles. The summed E-state index contributed by atoms with van der Waals surface area (Å²) in [6, 6.07) is 20.5. The average Bonchev–Trinajstić information content (AvgIpc) is 3.21. The third-order valence-corrected chi connectivity index (χ3v) is 5.09. The topological polar surface area (TPSA) is 104 Å². The summed E-state index contributed by atoms with van der Waals surface area (Å²) in [4.78, 5) is 30.3. The van der Waals surface area contributed by atoms with E-state index in [-0.39, 0.29) is 11.8 Å². The van der Waals surface area contributed by atoms with Gasteiger partial charge >= 0.3 is 0 Å². The number of fused-ring (bicyclic) bond motifs is 1. The molecule has 3 N–H and O–H groups in total. The van der Waals surface area contributed by atoms with Crippen molar-refractivity contribution in [2.45, 2.75) is 6.92 Å². The van der Waals surface area contributed by atoms with E-state index in [0.717, 1.165) is 23.5 Å². The lowest BCUT2D eigenvalue weighted by molar-refractivity contribution is -0.114. The van der Waals surface area contributed by atoms with Crippen LogP contribution in [0.5, 0.6) is 0 Å². The fraction of sp³-hybridized carbons (Fsp3) is 0.200. The fourth-order valence-electron chi connectivity index (χ4n) is 3.47. The highest BCUT2D eigenvalue weighted by atomic mass is 16.2. The van der Waals surface area contributed by atoms with Crippen LogP contribution >= 0.6 is 0 Å². The Morgan fingerprint density at radius 3 is 2.47 bits per heavy atom. The molecule has 2 aromatic heterocycles.